The molecule has 16 heavy (non-hydrogen) atoms. The van der Waals surface area contributed by atoms with Crippen LogP contribution in [0.3, 0.4) is 0 Å². The number of aliphatic hydroxyl groups excluding tert-OH is 1. The minimum atomic E-state index is -0.164. The van der Waals surface area contributed by atoms with E-state index < -0.39 is 0 Å². The van der Waals surface area contributed by atoms with Crippen molar-refractivity contribution in [3.63, 3.8) is 0 Å². The minimum absolute atomic E-state index is 0.164. The van der Waals surface area contributed by atoms with E-state index in [0.717, 1.165) is 31.6 Å². The van der Waals surface area contributed by atoms with Crippen LogP contribution >= 0.6 is 0 Å². The van der Waals surface area contributed by atoms with Crippen molar-refractivity contribution in [1.82, 2.24) is 4.98 Å². The maximum Gasteiger partial charge on any atom is 0.142 e. The second kappa shape index (κ2) is 5.14. The van der Waals surface area contributed by atoms with Gasteiger partial charge >= 0.3 is 0 Å². The average molecular weight is 222 g/mol. The molecule has 0 aromatic carbocycles. The van der Waals surface area contributed by atoms with E-state index in [1.807, 2.05) is 12.1 Å². The molecule has 1 aromatic heterocycles. The Labute approximate surface area is 95.0 Å². The van der Waals surface area contributed by atoms with Crippen LogP contribution in [0.15, 0.2) is 18.2 Å². The van der Waals surface area contributed by atoms with E-state index in [2.05, 4.69) is 15.7 Å². The van der Waals surface area contributed by atoms with Crippen LogP contribution in [0.25, 0.3) is 0 Å². The summed E-state index contributed by atoms with van der Waals surface area (Å²) in [5, 5.41) is 12.9. The molecule has 0 spiro atoms. The number of aromatic nitrogens is 1. The van der Waals surface area contributed by atoms with E-state index in [1.165, 1.54) is 0 Å². The summed E-state index contributed by atoms with van der Waals surface area (Å²) in [6, 6.07) is 5.58. The average Bonchev–Trinajstić information content (AvgIpc) is 2.72. The summed E-state index contributed by atoms with van der Waals surface area (Å²) >= 11 is 0. The zero-order valence-corrected chi connectivity index (χ0v) is 9.19. The minimum Gasteiger partial charge on any atom is -0.393 e. The summed E-state index contributed by atoms with van der Waals surface area (Å²) in [4.78, 5) is 4.25. The number of anilines is 2. The third kappa shape index (κ3) is 2.62. The van der Waals surface area contributed by atoms with Gasteiger partial charge in [-0.15, -0.1) is 0 Å². The Morgan fingerprint density at radius 2 is 2.19 bits per heavy atom. The first kappa shape index (κ1) is 11.2. The first-order valence-electron chi connectivity index (χ1n) is 5.65. The number of aliphatic hydroxyl groups is 1. The second-order valence-electron chi connectivity index (χ2n) is 4.19. The van der Waals surface area contributed by atoms with Gasteiger partial charge in [0.15, 0.2) is 0 Å². The number of nitrogens with two attached hydrogens (primary N) is 1. The number of hydrazine groups is 1. The Hall–Kier alpha value is -1.33. The van der Waals surface area contributed by atoms with E-state index in [9.17, 15) is 5.11 Å². The molecule has 1 fully saturated rings. The molecule has 0 radical (unpaired) electrons. The van der Waals surface area contributed by atoms with Crippen LogP contribution in [-0.4, -0.2) is 22.7 Å². The summed E-state index contributed by atoms with van der Waals surface area (Å²) in [5.74, 6) is 7.05. The molecule has 88 valence electrons. The third-order valence-corrected chi connectivity index (χ3v) is 3.06. The number of pyridine rings is 1. The Morgan fingerprint density at radius 3 is 2.88 bits per heavy atom. The van der Waals surface area contributed by atoms with Gasteiger partial charge in [0.05, 0.1) is 6.10 Å². The van der Waals surface area contributed by atoms with E-state index in [4.69, 9.17) is 5.84 Å². The van der Waals surface area contributed by atoms with Crippen molar-refractivity contribution in [1.29, 1.82) is 0 Å². The lowest BCUT2D eigenvalue weighted by Crippen LogP contribution is -2.22. The fourth-order valence-electron chi connectivity index (χ4n) is 2.10. The maximum absolute atomic E-state index is 9.67. The van der Waals surface area contributed by atoms with Gasteiger partial charge in [-0.25, -0.2) is 10.8 Å². The molecule has 1 aliphatic rings. The largest absolute Gasteiger partial charge is 0.393 e. The van der Waals surface area contributed by atoms with Gasteiger partial charge in [0.2, 0.25) is 0 Å². The predicted molar refractivity (Wildman–Crippen MR) is 63.9 cm³/mol. The van der Waals surface area contributed by atoms with Gasteiger partial charge in [-0.05, 0) is 25.0 Å². The molecule has 2 atom stereocenters. The molecule has 1 aromatic rings. The molecule has 1 saturated carbocycles. The number of rotatable bonds is 4. The van der Waals surface area contributed by atoms with E-state index >= 15 is 0 Å². The van der Waals surface area contributed by atoms with Crippen molar-refractivity contribution in [2.75, 3.05) is 17.3 Å². The Bertz CT molecular complexity index is 345. The number of nitrogen functional groups attached to an aromatic ring is 1. The highest BCUT2D eigenvalue weighted by molar-refractivity contribution is 5.44. The lowest BCUT2D eigenvalue weighted by Gasteiger charge is -2.15. The maximum atomic E-state index is 9.67. The first-order valence-corrected chi connectivity index (χ1v) is 5.65. The number of hydrogen-bond acceptors (Lipinski definition) is 5. The van der Waals surface area contributed by atoms with Gasteiger partial charge in [-0.1, -0.05) is 12.5 Å². The molecule has 5 N–H and O–H groups in total. The van der Waals surface area contributed by atoms with Gasteiger partial charge in [0.1, 0.15) is 11.6 Å². The summed E-state index contributed by atoms with van der Waals surface area (Å²) < 4.78 is 0. The first-order chi connectivity index (χ1) is 7.79. The van der Waals surface area contributed by atoms with Gasteiger partial charge in [-0.3, -0.25) is 0 Å². The zero-order valence-electron chi connectivity index (χ0n) is 9.19. The third-order valence-electron chi connectivity index (χ3n) is 3.06. The summed E-state index contributed by atoms with van der Waals surface area (Å²) in [5.41, 5.74) is 2.50. The van der Waals surface area contributed by atoms with Crippen LogP contribution in [0, 0.1) is 5.92 Å². The standard InChI is InChI=1S/C11H18N4O/c12-15-11-6-2-5-10(14-11)13-7-8-3-1-4-9(8)16/h2,5-6,8-9,16H,1,3-4,7,12H2,(H2,13,14,15). The topological polar surface area (TPSA) is 83.2 Å². The highest BCUT2D eigenvalue weighted by atomic mass is 16.3. The van der Waals surface area contributed by atoms with Crippen LogP contribution in [0.5, 0.6) is 0 Å². The predicted octanol–water partition coefficient (Wildman–Crippen LogP) is 0.940. The smallest absolute Gasteiger partial charge is 0.142 e. The molecule has 0 aliphatic heterocycles. The monoisotopic (exact) mass is 222 g/mol. The van der Waals surface area contributed by atoms with Crippen LogP contribution in [-0.2, 0) is 0 Å². The van der Waals surface area contributed by atoms with Crippen molar-refractivity contribution in [2.45, 2.75) is 25.4 Å². The van der Waals surface area contributed by atoms with Crippen LogP contribution in [0.2, 0.25) is 0 Å². The fourth-order valence-corrected chi connectivity index (χ4v) is 2.10. The lowest BCUT2D eigenvalue weighted by molar-refractivity contribution is 0.138. The fraction of sp³-hybridized carbons (Fsp3) is 0.545. The molecule has 5 heteroatoms. The van der Waals surface area contributed by atoms with Gasteiger partial charge < -0.3 is 15.8 Å². The number of nitrogens with zero attached hydrogens (tertiary/aromatic N) is 1. The van der Waals surface area contributed by atoms with Crippen molar-refractivity contribution < 1.29 is 5.11 Å². The molecule has 0 saturated heterocycles. The van der Waals surface area contributed by atoms with E-state index in [-0.39, 0.29) is 6.10 Å². The molecule has 0 amide bonds. The summed E-state index contributed by atoms with van der Waals surface area (Å²) in [6.07, 6.45) is 2.96. The molecule has 5 nitrogen and oxygen atoms in total. The Morgan fingerprint density at radius 1 is 1.38 bits per heavy atom. The normalized spacial score (nSPS) is 24.4. The lowest BCUT2D eigenvalue weighted by atomic mass is 10.1. The van der Waals surface area contributed by atoms with Crippen molar-refractivity contribution >= 4 is 11.6 Å². The van der Waals surface area contributed by atoms with Gasteiger partial charge in [0, 0.05) is 12.5 Å². The summed E-state index contributed by atoms with van der Waals surface area (Å²) in [6.45, 7) is 0.766. The number of nitrogens with one attached hydrogen (secondary N) is 2. The van der Waals surface area contributed by atoms with E-state index in [0.29, 0.717) is 11.7 Å². The summed E-state index contributed by atoms with van der Waals surface area (Å²) in [7, 11) is 0. The van der Waals surface area contributed by atoms with Crippen LogP contribution in [0.1, 0.15) is 19.3 Å². The molecular weight excluding hydrogens is 204 g/mol. The molecule has 1 heterocycles. The molecule has 2 unspecified atom stereocenters. The van der Waals surface area contributed by atoms with Gasteiger partial charge in [-0.2, -0.15) is 0 Å². The van der Waals surface area contributed by atoms with Crippen LogP contribution < -0.4 is 16.6 Å². The van der Waals surface area contributed by atoms with Crippen molar-refractivity contribution in [2.24, 2.45) is 11.8 Å². The molecule has 0 bridgehead atoms. The SMILES string of the molecule is NNc1cccc(NCC2CCCC2O)n1. The van der Waals surface area contributed by atoms with E-state index in [1.54, 1.807) is 6.07 Å². The number of hydrogen-bond donors (Lipinski definition) is 4. The molecule has 1 aliphatic carbocycles. The Balaban J connectivity index is 1.88. The second-order valence-corrected chi connectivity index (χ2v) is 4.19. The van der Waals surface area contributed by atoms with Gasteiger partial charge in [0.25, 0.3) is 0 Å². The van der Waals surface area contributed by atoms with Crippen molar-refractivity contribution in [3.8, 4) is 0 Å². The molecule has 2 rings (SSSR count). The quantitative estimate of drug-likeness (QED) is 0.450. The van der Waals surface area contributed by atoms with Crippen molar-refractivity contribution in [3.05, 3.63) is 18.2 Å². The zero-order chi connectivity index (χ0) is 11.4. The Kier molecular flexibility index (Phi) is 3.58. The molecular formula is C11H18N4O. The highest BCUT2D eigenvalue weighted by Crippen LogP contribution is 2.25. The van der Waals surface area contributed by atoms with Crippen LogP contribution in [0.4, 0.5) is 11.6 Å². The highest BCUT2D eigenvalue weighted by Gasteiger charge is 2.24.